The molecular weight excluding hydrogens is 267 g/mol. The average Bonchev–Trinajstić information content (AvgIpc) is 2.46. The van der Waals surface area contributed by atoms with Crippen molar-refractivity contribution in [2.45, 2.75) is 20.3 Å². The first-order chi connectivity index (χ1) is 10.0. The molecule has 110 valence electrons. The monoisotopic (exact) mass is 286 g/mol. The molecule has 0 N–H and O–H groups in total. The minimum absolute atomic E-state index is 0.138. The number of hydrogen-bond donors (Lipinski definition) is 0. The number of rotatable bonds is 5. The first-order valence-corrected chi connectivity index (χ1v) is 6.98. The highest BCUT2D eigenvalue weighted by Crippen LogP contribution is 2.20. The van der Waals surface area contributed by atoms with Crippen LogP contribution >= 0.6 is 0 Å². The van der Waals surface area contributed by atoms with Gasteiger partial charge in [0.2, 0.25) is 0 Å². The first kappa shape index (κ1) is 15.2. The average molecular weight is 286 g/mol. The summed E-state index contributed by atoms with van der Waals surface area (Å²) < 4.78 is 18.5. The molecule has 0 heterocycles. The molecule has 2 rings (SSSR count). The van der Waals surface area contributed by atoms with Gasteiger partial charge in [-0.25, -0.2) is 4.39 Å². The number of ketones is 1. The Kier molecular flexibility index (Phi) is 4.73. The molecule has 21 heavy (non-hydrogen) atoms. The molecule has 2 nitrogen and oxygen atoms in total. The predicted molar refractivity (Wildman–Crippen MR) is 81.4 cm³/mol. The lowest BCUT2D eigenvalue weighted by molar-refractivity contribution is 0.103. The fourth-order valence-corrected chi connectivity index (χ4v) is 2.24. The van der Waals surface area contributed by atoms with E-state index in [1.54, 1.807) is 18.2 Å². The summed E-state index contributed by atoms with van der Waals surface area (Å²) in [5.74, 6) is -0.00602. The van der Waals surface area contributed by atoms with Crippen molar-refractivity contribution in [1.82, 2.24) is 0 Å². The number of benzene rings is 2. The fourth-order valence-electron chi connectivity index (χ4n) is 2.24. The summed E-state index contributed by atoms with van der Waals surface area (Å²) in [6.45, 7) is 4.30. The summed E-state index contributed by atoms with van der Waals surface area (Å²) in [6.07, 6.45) is 0.978. The number of carbonyl (C=O) groups is 1. The molecule has 0 aliphatic rings. The highest BCUT2D eigenvalue weighted by atomic mass is 19.1. The van der Waals surface area contributed by atoms with Crippen LogP contribution in [0.1, 0.15) is 35.3 Å². The Morgan fingerprint density at radius 1 is 1.10 bits per heavy atom. The summed E-state index contributed by atoms with van der Waals surface area (Å²) in [5, 5.41) is 0. The summed E-state index contributed by atoms with van der Waals surface area (Å²) in [7, 11) is 1.40. The van der Waals surface area contributed by atoms with Crippen LogP contribution < -0.4 is 4.74 Å². The molecule has 0 saturated heterocycles. The third-order valence-corrected chi connectivity index (χ3v) is 3.27. The molecule has 0 aromatic heterocycles. The topological polar surface area (TPSA) is 26.3 Å². The van der Waals surface area contributed by atoms with E-state index in [0.717, 1.165) is 6.42 Å². The normalized spacial score (nSPS) is 10.7. The summed E-state index contributed by atoms with van der Waals surface area (Å²) >= 11 is 0. The third kappa shape index (κ3) is 3.69. The molecule has 0 unspecified atom stereocenters. The van der Waals surface area contributed by atoms with Gasteiger partial charge in [-0.1, -0.05) is 38.1 Å². The van der Waals surface area contributed by atoms with Crippen molar-refractivity contribution in [2.75, 3.05) is 7.11 Å². The van der Waals surface area contributed by atoms with Crippen molar-refractivity contribution >= 4 is 5.78 Å². The molecule has 0 saturated carbocycles. The minimum atomic E-state index is -0.528. The molecule has 0 atom stereocenters. The van der Waals surface area contributed by atoms with Crippen LogP contribution in [0.25, 0.3) is 0 Å². The lowest BCUT2D eigenvalue weighted by Crippen LogP contribution is -2.03. The standard InChI is InChI=1S/C18H19FO2/c1-12(2)10-13-4-6-14(7-5-13)18(20)15-8-9-17(21-3)16(19)11-15/h4-9,11-12H,10H2,1-3H3. The molecule has 0 fully saturated rings. The van der Waals surface area contributed by atoms with Crippen LogP contribution in [-0.4, -0.2) is 12.9 Å². The van der Waals surface area contributed by atoms with E-state index in [4.69, 9.17) is 4.74 Å². The molecule has 0 radical (unpaired) electrons. The number of halogens is 1. The maximum atomic E-state index is 13.7. The van der Waals surface area contributed by atoms with Crippen LogP contribution in [0.3, 0.4) is 0 Å². The Morgan fingerprint density at radius 2 is 1.71 bits per heavy atom. The quantitative estimate of drug-likeness (QED) is 0.767. The summed E-state index contributed by atoms with van der Waals surface area (Å²) in [4.78, 5) is 12.3. The number of hydrogen-bond acceptors (Lipinski definition) is 2. The number of carbonyl (C=O) groups excluding carboxylic acids is 1. The van der Waals surface area contributed by atoms with Crippen LogP contribution in [-0.2, 0) is 6.42 Å². The van der Waals surface area contributed by atoms with Crippen LogP contribution in [0, 0.1) is 11.7 Å². The van der Waals surface area contributed by atoms with Gasteiger partial charge in [-0.05, 0) is 36.1 Å². The van der Waals surface area contributed by atoms with Crippen LogP contribution in [0.15, 0.2) is 42.5 Å². The van der Waals surface area contributed by atoms with Crippen molar-refractivity contribution in [3.8, 4) is 5.75 Å². The van der Waals surface area contributed by atoms with Crippen molar-refractivity contribution in [3.05, 3.63) is 65.0 Å². The zero-order valence-electron chi connectivity index (χ0n) is 12.5. The van der Waals surface area contributed by atoms with Crippen molar-refractivity contribution < 1.29 is 13.9 Å². The van der Waals surface area contributed by atoms with Crippen molar-refractivity contribution in [3.63, 3.8) is 0 Å². The second-order valence-electron chi connectivity index (χ2n) is 5.47. The Bertz CT molecular complexity index is 630. The van der Waals surface area contributed by atoms with E-state index < -0.39 is 5.82 Å². The Morgan fingerprint density at radius 3 is 2.24 bits per heavy atom. The van der Waals surface area contributed by atoms with Gasteiger partial charge in [-0.15, -0.1) is 0 Å². The van der Waals surface area contributed by atoms with Gasteiger partial charge in [-0.2, -0.15) is 0 Å². The van der Waals surface area contributed by atoms with Gasteiger partial charge in [0.1, 0.15) is 0 Å². The number of ether oxygens (including phenoxy) is 1. The first-order valence-electron chi connectivity index (χ1n) is 6.98. The SMILES string of the molecule is COc1ccc(C(=O)c2ccc(CC(C)C)cc2)cc1F. The van der Waals surface area contributed by atoms with Gasteiger partial charge in [0.05, 0.1) is 7.11 Å². The fraction of sp³-hybridized carbons (Fsp3) is 0.278. The van der Waals surface area contributed by atoms with E-state index in [0.29, 0.717) is 17.0 Å². The molecule has 2 aromatic carbocycles. The second kappa shape index (κ2) is 6.53. The Labute approximate surface area is 124 Å². The van der Waals surface area contributed by atoms with Gasteiger partial charge in [0, 0.05) is 11.1 Å². The molecule has 0 aliphatic heterocycles. The minimum Gasteiger partial charge on any atom is -0.494 e. The van der Waals surface area contributed by atoms with Crippen molar-refractivity contribution in [1.29, 1.82) is 0 Å². The zero-order chi connectivity index (χ0) is 15.4. The molecule has 0 spiro atoms. The van der Waals surface area contributed by atoms with Crippen LogP contribution in [0.4, 0.5) is 4.39 Å². The van der Waals surface area contributed by atoms with E-state index >= 15 is 0 Å². The zero-order valence-corrected chi connectivity index (χ0v) is 12.5. The molecule has 2 aromatic rings. The Hall–Kier alpha value is -2.16. The molecule has 0 amide bonds. The summed E-state index contributed by atoms with van der Waals surface area (Å²) in [5.41, 5.74) is 2.08. The maximum absolute atomic E-state index is 13.7. The van der Waals surface area contributed by atoms with Crippen molar-refractivity contribution in [2.24, 2.45) is 5.92 Å². The Balaban J connectivity index is 2.21. The van der Waals surface area contributed by atoms with Gasteiger partial charge < -0.3 is 4.74 Å². The van der Waals surface area contributed by atoms with Gasteiger partial charge in [0.25, 0.3) is 0 Å². The smallest absolute Gasteiger partial charge is 0.193 e. The largest absolute Gasteiger partial charge is 0.494 e. The van der Waals surface area contributed by atoms with Gasteiger partial charge >= 0.3 is 0 Å². The highest BCUT2D eigenvalue weighted by Gasteiger charge is 2.12. The van der Waals surface area contributed by atoms with Gasteiger partial charge in [-0.3, -0.25) is 4.79 Å². The van der Waals surface area contributed by atoms with E-state index in [1.165, 1.54) is 24.8 Å². The predicted octanol–water partition coefficient (Wildman–Crippen LogP) is 4.26. The third-order valence-electron chi connectivity index (χ3n) is 3.27. The lowest BCUT2D eigenvalue weighted by Gasteiger charge is -2.07. The maximum Gasteiger partial charge on any atom is 0.193 e. The van der Waals surface area contributed by atoms with E-state index in [9.17, 15) is 9.18 Å². The number of methoxy groups -OCH3 is 1. The lowest BCUT2D eigenvalue weighted by atomic mass is 9.98. The highest BCUT2D eigenvalue weighted by molar-refractivity contribution is 6.09. The van der Waals surface area contributed by atoms with Crippen LogP contribution in [0.2, 0.25) is 0 Å². The molecular formula is C18H19FO2. The van der Waals surface area contributed by atoms with Crippen LogP contribution in [0.5, 0.6) is 5.75 Å². The molecule has 0 bridgehead atoms. The summed E-state index contributed by atoms with van der Waals surface area (Å²) in [6, 6.07) is 11.7. The van der Waals surface area contributed by atoms with E-state index in [2.05, 4.69) is 13.8 Å². The molecule has 0 aliphatic carbocycles. The second-order valence-corrected chi connectivity index (χ2v) is 5.47. The van der Waals surface area contributed by atoms with Gasteiger partial charge in [0.15, 0.2) is 17.3 Å². The van der Waals surface area contributed by atoms with E-state index in [1.807, 2.05) is 12.1 Å². The molecule has 3 heteroatoms. The van der Waals surface area contributed by atoms with E-state index in [-0.39, 0.29) is 11.5 Å².